The Morgan fingerprint density at radius 3 is 2.46 bits per heavy atom. The predicted molar refractivity (Wildman–Crippen MR) is 111 cm³/mol. The molecule has 0 saturated heterocycles. The van der Waals surface area contributed by atoms with E-state index in [9.17, 15) is 9.59 Å². The lowest BCUT2D eigenvalue weighted by Crippen LogP contribution is -2.21. The summed E-state index contributed by atoms with van der Waals surface area (Å²) in [4.78, 5) is 23.7. The van der Waals surface area contributed by atoms with Gasteiger partial charge in [-0.2, -0.15) is 0 Å². The van der Waals surface area contributed by atoms with E-state index in [2.05, 4.69) is 21.2 Å². The molecule has 0 aliphatic rings. The lowest BCUT2D eigenvalue weighted by atomic mass is 10.2. The number of ether oxygens (including phenoxy) is 3. The molecule has 1 amide bonds. The van der Waals surface area contributed by atoms with E-state index in [-0.39, 0.29) is 18.9 Å². The predicted octanol–water partition coefficient (Wildman–Crippen LogP) is 4.50. The van der Waals surface area contributed by atoms with E-state index < -0.39 is 5.97 Å². The molecule has 2 aromatic rings. The summed E-state index contributed by atoms with van der Waals surface area (Å²) in [6.07, 6.45) is 0.642. The van der Waals surface area contributed by atoms with Gasteiger partial charge in [0.25, 0.3) is 5.91 Å². The second kappa shape index (κ2) is 11.3. The Morgan fingerprint density at radius 1 is 1.07 bits per heavy atom. The average molecular weight is 450 g/mol. The van der Waals surface area contributed by atoms with Crippen molar-refractivity contribution in [1.82, 2.24) is 0 Å². The molecule has 7 heteroatoms. The number of halogens is 1. The van der Waals surface area contributed by atoms with E-state index in [0.717, 1.165) is 10.0 Å². The van der Waals surface area contributed by atoms with Crippen molar-refractivity contribution >= 4 is 33.5 Å². The number of anilines is 1. The van der Waals surface area contributed by atoms with Gasteiger partial charge in [-0.05, 0) is 66.0 Å². The number of carbonyl (C=O) groups excluding carboxylic acids is 2. The Morgan fingerprint density at radius 2 is 1.79 bits per heavy atom. The van der Waals surface area contributed by atoms with Gasteiger partial charge in [0.05, 0.1) is 18.9 Å². The number of nitrogens with one attached hydrogen (secondary N) is 1. The van der Waals surface area contributed by atoms with Gasteiger partial charge in [-0.15, -0.1) is 0 Å². The van der Waals surface area contributed by atoms with Crippen LogP contribution in [0.3, 0.4) is 0 Å². The molecule has 0 unspecified atom stereocenters. The highest BCUT2D eigenvalue weighted by atomic mass is 79.9. The third-order valence-corrected chi connectivity index (χ3v) is 4.35. The Kier molecular flexibility index (Phi) is 8.81. The number of esters is 1. The molecule has 150 valence electrons. The van der Waals surface area contributed by atoms with Crippen LogP contribution in [0.5, 0.6) is 11.5 Å². The fraction of sp³-hybridized carbons (Fsp3) is 0.333. The van der Waals surface area contributed by atoms with Crippen LogP contribution in [0, 0.1) is 6.92 Å². The zero-order valence-electron chi connectivity index (χ0n) is 16.0. The number of amides is 1. The van der Waals surface area contributed by atoms with Crippen LogP contribution in [-0.4, -0.2) is 31.7 Å². The fourth-order valence-corrected chi connectivity index (χ4v) is 2.96. The average Bonchev–Trinajstić information content (AvgIpc) is 2.67. The molecule has 0 saturated carbocycles. The van der Waals surface area contributed by atoms with Crippen molar-refractivity contribution in [3.63, 3.8) is 0 Å². The molecule has 0 aliphatic heterocycles. The van der Waals surface area contributed by atoms with Gasteiger partial charge in [0.1, 0.15) is 0 Å². The van der Waals surface area contributed by atoms with Gasteiger partial charge in [-0.25, -0.2) is 0 Å². The highest BCUT2D eigenvalue weighted by molar-refractivity contribution is 9.10. The van der Waals surface area contributed by atoms with Crippen LogP contribution in [-0.2, 0) is 14.3 Å². The van der Waals surface area contributed by atoms with Crippen LogP contribution in [0.4, 0.5) is 5.69 Å². The van der Waals surface area contributed by atoms with Gasteiger partial charge in [0, 0.05) is 10.9 Å². The molecule has 0 fully saturated rings. The van der Waals surface area contributed by atoms with Crippen molar-refractivity contribution in [3.05, 3.63) is 52.5 Å². The van der Waals surface area contributed by atoms with Gasteiger partial charge < -0.3 is 19.5 Å². The zero-order valence-corrected chi connectivity index (χ0v) is 17.6. The van der Waals surface area contributed by atoms with Crippen molar-refractivity contribution in [2.45, 2.75) is 26.7 Å². The zero-order chi connectivity index (χ0) is 20.4. The van der Waals surface area contributed by atoms with E-state index in [1.54, 1.807) is 6.07 Å². The molecule has 0 atom stereocenters. The summed E-state index contributed by atoms with van der Waals surface area (Å²) in [5.74, 6) is 0.479. The van der Waals surface area contributed by atoms with Crippen molar-refractivity contribution in [1.29, 1.82) is 0 Å². The van der Waals surface area contributed by atoms with E-state index in [4.69, 9.17) is 14.2 Å². The van der Waals surface area contributed by atoms with Crippen LogP contribution in [0.15, 0.2) is 46.9 Å². The standard InChI is InChI=1S/C21H24BrNO5/c1-3-26-18-7-4-5-8-19(18)27-12-6-9-21(25)28-14-20(24)23-17-11-10-15(2)13-16(17)22/h4-5,7-8,10-11,13H,3,6,9,12,14H2,1-2H3,(H,23,24). The normalized spacial score (nSPS) is 10.2. The lowest BCUT2D eigenvalue weighted by Gasteiger charge is -2.11. The van der Waals surface area contributed by atoms with E-state index >= 15 is 0 Å². The minimum Gasteiger partial charge on any atom is -0.490 e. The molecule has 6 nitrogen and oxygen atoms in total. The minimum atomic E-state index is -0.445. The molecule has 0 spiro atoms. The van der Waals surface area contributed by atoms with E-state index in [0.29, 0.717) is 36.8 Å². The lowest BCUT2D eigenvalue weighted by molar-refractivity contribution is -0.147. The molecule has 2 rings (SSSR count). The monoisotopic (exact) mass is 449 g/mol. The topological polar surface area (TPSA) is 73.9 Å². The fourth-order valence-electron chi connectivity index (χ4n) is 2.37. The van der Waals surface area contributed by atoms with E-state index in [1.807, 2.05) is 50.2 Å². The van der Waals surface area contributed by atoms with Gasteiger partial charge >= 0.3 is 5.97 Å². The quantitative estimate of drug-likeness (QED) is 0.426. The van der Waals surface area contributed by atoms with Crippen LogP contribution < -0.4 is 14.8 Å². The molecule has 2 aromatic carbocycles. The second-order valence-electron chi connectivity index (χ2n) is 6.02. The Hall–Kier alpha value is -2.54. The van der Waals surface area contributed by atoms with Crippen molar-refractivity contribution in [3.8, 4) is 11.5 Å². The first kappa shape index (κ1) is 21.8. The molecular weight excluding hydrogens is 426 g/mol. The smallest absolute Gasteiger partial charge is 0.306 e. The maximum Gasteiger partial charge on any atom is 0.306 e. The molecule has 0 heterocycles. The number of carbonyl (C=O) groups is 2. The molecule has 1 N–H and O–H groups in total. The van der Waals surface area contributed by atoms with Crippen molar-refractivity contribution in [2.75, 3.05) is 25.1 Å². The molecule has 0 aliphatic carbocycles. The van der Waals surface area contributed by atoms with Gasteiger partial charge in [-0.1, -0.05) is 18.2 Å². The minimum absolute atomic E-state index is 0.165. The number of hydrogen-bond donors (Lipinski definition) is 1. The Labute approximate surface area is 173 Å². The Bertz CT molecular complexity index is 809. The molecular formula is C21H24BrNO5. The molecule has 0 aromatic heterocycles. The largest absolute Gasteiger partial charge is 0.490 e. The summed E-state index contributed by atoms with van der Waals surface area (Å²) in [7, 11) is 0. The first-order valence-corrected chi connectivity index (χ1v) is 9.85. The van der Waals surface area contributed by atoms with Gasteiger partial charge in [-0.3, -0.25) is 9.59 Å². The number of hydrogen-bond acceptors (Lipinski definition) is 5. The highest BCUT2D eigenvalue weighted by Crippen LogP contribution is 2.26. The van der Waals surface area contributed by atoms with Crippen LogP contribution in [0.25, 0.3) is 0 Å². The molecule has 0 bridgehead atoms. The SMILES string of the molecule is CCOc1ccccc1OCCCC(=O)OCC(=O)Nc1ccc(C)cc1Br. The summed E-state index contributed by atoms with van der Waals surface area (Å²) in [5, 5.41) is 2.70. The van der Waals surface area contributed by atoms with E-state index in [1.165, 1.54) is 0 Å². The van der Waals surface area contributed by atoms with Crippen LogP contribution >= 0.6 is 15.9 Å². The van der Waals surface area contributed by atoms with Gasteiger partial charge in [0.15, 0.2) is 18.1 Å². The highest BCUT2D eigenvalue weighted by Gasteiger charge is 2.10. The number of rotatable bonds is 10. The van der Waals surface area contributed by atoms with Crippen LogP contribution in [0.1, 0.15) is 25.3 Å². The summed E-state index contributed by atoms with van der Waals surface area (Å²) in [6.45, 7) is 4.43. The molecule has 0 radical (unpaired) electrons. The maximum atomic E-state index is 11.9. The Balaban J connectivity index is 1.66. The van der Waals surface area contributed by atoms with Crippen molar-refractivity contribution < 1.29 is 23.8 Å². The maximum absolute atomic E-state index is 11.9. The van der Waals surface area contributed by atoms with Gasteiger partial charge in [0.2, 0.25) is 0 Å². The number of para-hydroxylation sites is 2. The molecule has 28 heavy (non-hydrogen) atoms. The number of benzene rings is 2. The summed E-state index contributed by atoms with van der Waals surface area (Å²) in [5.41, 5.74) is 1.70. The second-order valence-corrected chi connectivity index (χ2v) is 6.88. The number of aryl methyl sites for hydroxylation is 1. The first-order chi connectivity index (χ1) is 13.5. The third-order valence-electron chi connectivity index (χ3n) is 3.69. The first-order valence-electron chi connectivity index (χ1n) is 9.06. The summed E-state index contributed by atoms with van der Waals surface area (Å²) < 4.78 is 16.9. The van der Waals surface area contributed by atoms with Crippen LogP contribution in [0.2, 0.25) is 0 Å². The summed E-state index contributed by atoms with van der Waals surface area (Å²) in [6, 6.07) is 12.9. The van der Waals surface area contributed by atoms with Crippen molar-refractivity contribution in [2.24, 2.45) is 0 Å². The third kappa shape index (κ3) is 7.23. The summed E-state index contributed by atoms with van der Waals surface area (Å²) >= 11 is 3.39.